The van der Waals surface area contributed by atoms with Crippen molar-refractivity contribution >= 4 is 0 Å². The predicted octanol–water partition coefficient (Wildman–Crippen LogP) is 4.15. The van der Waals surface area contributed by atoms with E-state index in [0.29, 0.717) is 0 Å². The van der Waals surface area contributed by atoms with Gasteiger partial charge in [0, 0.05) is 69.5 Å². The van der Waals surface area contributed by atoms with Gasteiger partial charge in [-0.25, -0.2) is 0 Å². The van der Waals surface area contributed by atoms with Crippen molar-refractivity contribution in [2.24, 2.45) is 0 Å². The molecule has 332 valence electrons. The van der Waals surface area contributed by atoms with Gasteiger partial charge in [-0.15, -0.1) is 0 Å². The lowest BCUT2D eigenvalue weighted by Gasteiger charge is -2.42. The van der Waals surface area contributed by atoms with Gasteiger partial charge in [0.05, 0.1) is 12.0 Å². The highest BCUT2D eigenvalue weighted by atomic mass is 16.5. The van der Waals surface area contributed by atoms with Gasteiger partial charge < -0.3 is 95.9 Å². The number of aliphatic hydroxyl groups is 3. The Labute approximate surface area is 359 Å². The maximum Gasteiger partial charge on any atom is 0.200 e. The van der Waals surface area contributed by atoms with E-state index < -0.39 is 141 Å². The Morgan fingerprint density at radius 2 is 0.938 bits per heavy atom. The second-order valence-corrected chi connectivity index (χ2v) is 15.8. The van der Waals surface area contributed by atoms with Crippen molar-refractivity contribution < 1.29 is 95.9 Å². The average Bonchev–Trinajstić information content (AvgIpc) is 3.23. The van der Waals surface area contributed by atoms with Gasteiger partial charge in [0.15, 0.2) is 58.2 Å². The second-order valence-electron chi connectivity index (χ2n) is 15.8. The van der Waals surface area contributed by atoms with Crippen LogP contribution >= 0.6 is 0 Å². The van der Waals surface area contributed by atoms with Gasteiger partial charge in [0.2, 0.25) is 0 Å². The number of benzene rings is 6. The van der Waals surface area contributed by atoms with Gasteiger partial charge in [-0.1, -0.05) is 12.1 Å². The number of aromatic hydroxyl groups is 13. The minimum absolute atomic E-state index is 0.0357. The quantitative estimate of drug-likeness (QED) is 0.108. The highest BCUT2D eigenvalue weighted by Gasteiger charge is 2.50. The molecule has 0 bridgehead atoms. The molecule has 19 nitrogen and oxygen atoms in total. The number of aliphatic hydroxyl groups excluding tert-OH is 3. The summed E-state index contributed by atoms with van der Waals surface area (Å²) >= 11 is 0. The number of rotatable bonds is 5. The van der Waals surface area contributed by atoms with E-state index in [9.17, 15) is 81.7 Å². The van der Waals surface area contributed by atoms with Crippen molar-refractivity contribution in [2.75, 3.05) is 0 Å². The molecule has 3 aliphatic rings. The number of phenols is 13. The summed E-state index contributed by atoms with van der Waals surface area (Å²) in [5, 5.41) is 177. The zero-order valence-corrected chi connectivity index (χ0v) is 32.6. The van der Waals surface area contributed by atoms with E-state index in [-0.39, 0.29) is 50.6 Å². The standard InChI is InChI=1S/C45H38O19/c46-17-2-3-19-29(11-17)62-43(15-6-24(51)37(57)25(52)7-15)40(60)31(19)34-36(56)20-13-28(55)42(14-1-4-21(48)22(49)5-14)64-45(20)35(39(34)59)33-32-23(50)10-18(47)12-30(32)63-44(41(33)61)16-8-26(53)38(58)27(54)9-16/h1-12,28,31,33,40-44,46-61H,13H2/t28-,31-,33-,40-,41-,42+,43-,44+/m0/s1. The van der Waals surface area contributed by atoms with Gasteiger partial charge in [-0.2, -0.15) is 0 Å². The molecular weight excluding hydrogens is 844 g/mol. The summed E-state index contributed by atoms with van der Waals surface area (Å²) in [5.74, 6) is -13.7. The van der Waals surface area contributed by atoms with E-state index in [2.05, 4.69) is 0 Å². The first-order valence-corrected chi connectivity index (χ1v) is 19.4. The summed E-state index contributed by atoms with van der Waals surface area (Å²) in [6, 6.07) is 13.0. The molecule has 0 spiro atoms. The highest BCUT2D eigenvalue weighted by Crippen LogP contribution is 2.62. The lowest BCUT2D eigenvalue weighted by atomic mass is 9.73. The van der Waals surface area contributed by atoms with Crippen LogP contribution < -0.4 is 14.2 Å². The van der Waals surface area contributed by atoms with E-state index in [0.717, 1.165) is 54.6 Å². The van der Waals surface area contributed by atoms with Crippen LogP contribution in [0.3, 0.4) is 0 Å². The fourth-order valence-electron chi connectivity index (χ4n) is 8.99. The average molecular weight is 883 g/mol. The van der Waals surface area contributed by atoms with Crippen molar-refractivity contribution in [3.63, 3.8) is 0 Å². The maximum absolute atomic E-state index is 12.9. The summed E-state index contributed by atoms with van der Waals surface area (Å²) in [6.07, 6.45) is -10.6. The lowest BCUT2D eigenvalue weighted by molar-refractivity contribution is -0.000279. The first kappa shape index (κ1) is 41.4. The molecule has 16 N–H and O–H groups in total. The van der Waals surface area contributed by atoms with Crippen molar-refractivity contribution in [2.45, 2.75) is 54.9 Å². The summed E-state index contributed by atoms with van der Waals surface area (Å²) in [6.45, 7) is 0. The number of hydrogen-bond donors (Lipinski definition) is 16. The number of ether oxygens (including phenoxy) is 3. The van der Waals surface area contributed by atoms with Crippen molar-refractivity contribution in [3.05, 3.63) is 117 Å². The molecule has 64 heavy (non-hydrogen) atoms. The Bertz CT molecular complexity index is 2850. The molecular formula is C45H38O19. The van der Waals surface area contributed by atoms with Crippen LogP contribution in [-0.4, -0.2) is 100 Å². The van der Waals surface area contributed by atoms with Crippen molar-refractivity contribution in [1.82, 2.24) is 0 Å². The summed E-state index contributed by atoms with van der Waals surface area (Å²) in [5.41, 5.74) is -1.63. The van der Waals surface area contributed by atoms with Crippen LogP contribution in [0.2, 0.25) is 0 Å². The highest BCUT2D eigenvalue weighted by molar-refractivity contribution is 5.71. The zero-order valence-electron chi connectivity index (χ0n) is 32.6. The van der Waals surface area contributed by atoms with Gasteiger partial charge in [-0.3, -0.25) is 0 Å². The molecule has 0 unspecified atom stereocenters. The third kappa shape index (κ3) is 6.40. The summed E-state index contributed by atoms with van der Waals surface area (Å²) < 4.78 is 18.6. The number of hydrogen-bond acceptors (Lipinski definition) is 19. The SMILES string of the molecule is Oc1ccc2c(c1)O[C@@H](c1cc(O)c(O)c(O)c1)[C@@H](O)[C@@H]2c1c(O)c2c(c([C@@H]3c4c(O)cc(O)cc4O[C@H](c4cc(O)c(O)c(O)c4)[C@H]3O)c1O)O[C@H](c1ccc(O)c(O)c1)[C@@H](O)C2. The normalized spacial score (nSPS) is 23.4. The molecule has 3 heterocycles. The van der Waals surface area contributed by atoms with Crippen LogP contribution in [0.15, 0.2) is 72.8 Å². The molecule has 0 aliphatic carbocycles. The van der Waals surface area contributed by atoms with E-state index in [1.54, 1.807) is 0 Å². The van der Waals surface area contributed by atoms with Crippen LogP contribution in [0.5, 0.6) is 92.0 Å². The topological polar surface area (TPSA) is 351 Å². The van der Waals surface area contributed by atoms with E-state index in [4.69, 9.17) is 14.2 Å². The van der Waals surface area contributed by atoms with Crippen LogP contribution in [0, 0.1) is 0 Å². The zero-order chi connectivity index (χ0) is 45.8. The molecule has 0 saturated heterocycles. The molecule has 0 aromatic heterocycles. The summed E-state index contributed by atoms with van der Waals surface area (Å²) in [4.78, 5) is 0. The molecule has 6 aromatic carbocycles. The van der Waals surface area contributed by atoms with Crippen LogP contribution in [0.1, 0.15) is 74.7 Å². The smallest absolute Gasteiger partial charge is 0.200 e. The van der Waals surface area contributed by atoms with Crippen molar-refractivity contribution in [1.29, 1.82) is 0 Å². The maximum atomic E-state index is 12.9. The van der Waals surface area contributed by atoms with Gasteiger partial charge in [0.1, 0.15) is 64.3 Å². The second kappa shape index (κ2) is 14.8. The Morgan fingerprint density at radius 1 is 0.391 bits per heavy atom. The number of fused-ring (bicyclic) bond motifs is 3. The predicted molar refractivity (Wildman–Crippen MR) is 216 cm³/mol. The first-order valence-electron chi connectivity index (χ1n) is 19.4. The third-order valence-electron chi connectivity index (χ3n) is 11.9. The fraction of sp³-hybridized carbons (Fsp3) is 0.200. The molecule has 0 saturated carbocycles. The van der Waals surface area contributed by atoms with Gasteiger partial charge in [-0.05, 0) is 48.0 Å². The molecule has 6 aromatic rings. The van der Waals surface area contributed by atoms with E-state index in [1.165, 1.54) is 18.2 Å². The molecule has 8 atom stereocenters. The Balaban J connectivity index is 1.33. The fourth-order valence-corrected chi connectivity index (χ4v) is 8.99. The molecule has 19 heteroatoms. The van der Waals surface area contributed by atoms with Gasteiger partial charge >= 0.3 is 0 Å². The van der Waals surface area contributed by atoms with E-state index >= 15 is 0 Å². The molecule has 3 aliphatic heterocycles. The minimum Gasteiger partial charge on any atom is -0.508 e. The minimum atomic E-state index is -2.00. The monoisotopic (exact) mass is 882 g/mol. The Kier molecular flexibility index (Phi) is 9.58. The molecule has 0 radical (unpaired) electrons. The van der Waals surface area contributed by atoms with E-state index in [1.807, 2.05) is 0 Å². The molecule has 0 amide bonds. The molecule has 0 fully saturated rings. The van der Waals surface area contributed by atoms with Crippen LogP contribution in [-0.2, 0) is 6.42 Å². The summed E-state index contributed by atoms with van der Waals surface area (Å²) in [7, 11) is 0. The largest absolute Gasteiger partial charge is 0.508 e. The third-order valence-corrected chi connectivity index (χ3v) is 11.9. The lowest BCUT2D eigenvalue weighted by Crippen LogP contribution is -2.38. The van der Waals surface area contributed by atoms with Crippen LogP contribution in [0.4, 0.5) is 0 Å². The van der Waals surface area contributed by atoms with Gasteiger partial charge in [0.25, 0.3) is 0 Å². The Hall–Kier alpha value is -8.00. The number of phenolic OH excluding ortho intramolecular Hbond substituents is 13. The van der Waals surface area contributed by atoms with Crippen LogP contribution in [0.25, 0.3) is 0 Å². The first-order chi connectivity index (χ1) is 30.3. The Morgan fingerprint density at radius 3 is 1.53 bits per heavy atom. The molecule has 9 rings (SSSR count). The van der Waals surface area contributed by atoms with Crippen molar-refractivity contribution in [3.8, 4) is 92.0 Å².